The monoisotopic (exact) mass is 271 g/mol. The summed E-state index contributed by atoms with van der Waals surface area (Å²) < 4.78 is 4.98. The molecule has 0 bridgehead atoms. The summed E-state index contributed by atoms with van der Waals surface area (Å²) in [7, 11) is 0. The minimum Gasteiger partial charge on any atom is -0.370 e. The number of hydrogen-bond acceptors (Lipinski definition) is 4. The number of carbonyl (C=O) groups excluding carboxylic acids is 2. The van der Waals surface area contributed by atoms with Gasteiger partial charge in [-0.05, 0) is 24.7 Å². The Hall–Kier alpha value is -1.14. The van der Waals surface area contributed by atoms with Crippen molar-refractivity contribution < 1.29 is 14.3 Å². The van der Waals surface area contributed by atoms with Gasteiger partial charge in [-0.1, -0.05) is 13.8 Å². The summed E-state index contributed by atoms with van der Waals surface area (Å²) in [5.41, 5.74) is 11.0. The molecule has 1 fully saturated rings. The fourth-order valence-electron chi connectivity index (χ4n) is 2.60. The molecule has 110 valence electrons. The van der Waals surface area contributed by atoms with E-state index in [0.717, 1.165) is 12.8 Å². The first-order valence-electron chi connectivity index (χ1n) is 6.81. The van der Waals surface area contributed by atoms with Gasteiger partial charge in [0, 0.05) is 18.5 Å². The zero-order valence-electron chi connectivity index (χ0n) is 11.7. The molecular weight excluding hydrogens is 246 g/mol. The Morgan fingerprint density at radius 2 is 1.95 bits per heavy atom. The first-order chi connectivity index (χ1) is 8.91. The summed E-state index contributed by atoms with van der Waals surface area (Å²) in [4.78, 5) is 22.5. The van der Waals surface area contributed by atoms with Gasteiger partial charge in [-0.2, -0.15) is 0 Å². The third-order valence-electron chi connectivity index (χ3n) is 3.81. The maximum atomic E-state index is 12.0. The van der Waals surface area contributed by atoms with Gasteiger partial charge in [0.2, 0.25) is 11.8 Å². The van der Waals surface area contributed by atoms with E-state index in [-0.39, 0.29) is 31.1 Å². The van der Waals surface area contributed by atoms with E-state index in [0.29, 0.717) is 18.4 Å². The molecule has 4 atom stereocenters. The van der Waals surface area contributed by atoms with Crippen LogP contribution < -0.4 is 16.8 Å². The molecule has 1 rings (SSSR count). The molecule has 4 unspecified atom stereocenters. The molecule has 1 aliphatic carbocycles. The molecule has 6 heteroatoms. The lowest BCUT2D eigenvalue weighted by atomic mass is 9.72. The van der Waals surface area contributed by atoms with Gasteiger partial charge in [0.1, 0.15) is 6.61 Å². The molecule has 0 saturated heterocycles. The topological polar surface area (TPSA) is 107 Å². The highest BCUT2D eigenvalue weighted by Gasteiger charge is 2.34. The van der Waals surface area contributed by atoms with Gasteiger partial charge >= 0.3 is 0 Å². The van der Waals surface area contributed by atoms with Crippen LogP contribution in [0.25, 0.3) is 0 Å². The number of nitrogens with one attached hydrogen (secondary N) is 1. The Morgan fingerprint density at radius 1 is 1.26 bits per heavy atom. The van der Waals surface area contributed by atoms with E-state index in [1.165, 1.54) is 0 Å². The molecule has 19 heavy (non-hydrogen) atoms. The minimum absolute atomic E-state index is 0.0255. The maximum Gasteiger partial charge on any atom is 0.243 e. The average Bonchev–Trinajstić information content (AvgIpc) is 2.32. The van der Waals surface area contributed by atoms with Crippen LogP contribution in [0.2, 0.25) is 0 Å². The van der Waals surface area contributed by atoms with E-state index in [4.69, 9.17) is 16.2 Å². The molecule has 5 N–H and O–H groups in total. The Morgan fingerprint density at radius 3 is 2.58 bits per heavy atom. The zero-order valence-corrected chi connectivity index (χ0v) is 11.7. The molecule has 0 aromatic rings. The number of nitrogens with two attached hydrogens (primary N) is 2. The highest BCUT2D eigenvalue weighted by molar-refractivity contribution is 5.79. The van der Waals surface area contributed by atoms with Crippen molar-refractivity contribution in [3.05, 3.63) is 0 Å². The van der Waals surface area contributed by atoms with E-state index >= 15 is 0 Å². The van der Waals surface area contributed by atoms with Gasteiger partial charge in [0.15, 0.2) is 0 Å². The number of primary amides is 1. The van der Waals surface area contributed by atoms with E-state index < -0.39 is 5.91 Å². The molecule has 0 spiro atoms. The van der Waals surface area contributed by atoms with Crippen LogP contribution in [0, 0.1) is 17.8 Å². The second-order valence-corrected chi connectivity index (χ2v) is 5.51. The first kappa shape index (κ1) is 15.9. The molecule has 0 aliphatic heterocycles. The predicted molar refractivity (Wildman–Crippen MR) is 72.1 cm³/mol. The standard InChI is InChI=1S/C13H25N3O3/c1-8-5-9(2)11(14)6-10(8)13(18)16-3-4-19-7-12(15)17/h8-11H,3-7,14H2,1-2H3,(H2,15,17)(H,16,18). The van der Waals surface area contributed by atoms with Crippen molar-refractivity contribution in [3.63, 3.8) is 0 Å². The third kappa shape index (κ3) is 5.16. The number of carbonyl (C=O) groups is 2. The fourth-order valence-corrected chi connectivity index (χ4v) is 2.60. The zero-order chi connectivity index (χ0) is 14.4. The summed E-state index contributed by atoms with van der Waals surface area (Å²) in [6, 6.07) is 0.0954. The Labute approximate surface area is 114 Å². The Kier molecular flexibility index (Phi) is 6.24. The number of hydrogen-bond donors (Lipinski definition) is 3. The van der Waals surface area contributed by atoms with Crippen LogP contribution in [0.1, 0.15) is 26.7 Å². The molecule has 1 aliphatic rings. The summed E-state index contributed by atoms with van der Waals surface area (Å²) in [6.07, 6.45) is 1.72. The molecule has 0 radical (unpaired) electrons. The van der Waals surface area contributed by atoms with Crippen molar-refractivity contribution in [2.75, 3.05) is 19.8 Å². The van der Waals surface area contributed by atoms with Gasteiger partial charge in [0.25, 0.3) is 0 Å². The molecule has 6 nitrogen and oxygen atoms in total. The van der Waals surface area contributed by atoms with Crippen LogP contribution in [0.5, 0.6) is 0 Å². The van der Waals surface area contributed by atoms with Gasteiger partial charge < -0.3 is 21.5 Å². The van der Waals surface area contributed by atoms with Crippen LogP contribution in [-0.4, -0.2) is 37.6 Å². The molecular formula is C13H25N3O3. The predicted octanol–water partition coefficient (Wildman–Crippen LogP) is -0.386. The number of amides is 2. The van der Waals surface area contributed by atoms with Crippen molar-refractivity contribution in [1.82, 2.24) is 5.32 Å². The lowest BCUT2D eigenvalue weighted by Gasteiger charge is -2.36. The smallest absolute Gasteiger partial charge is 0.243 e. The van der Waals surface area contributed by atoms with Crippen LogP contribution >= 0.6 is 0 Å². The Bertz CT molecular complexity index is 322. The van der Waals surface area contributed by atoms with Crippen molar-refractivity contribution >= 4 is 11.8 Å². The minimum atomic E-state index is -0.507. The molecule has 0 heterocycles. The lowest BCUT2D eigenvalue weighted by molar-refractivity contribution is -0.128. The summed E-state index contributed by atoms with van der Waals surface area (Å²) in [5.74, 6) is 0.311. The summed E-state index contributed by atoms with van der Waals surface area (Å²) in [6.45, 7) is 4.79. The molecule has 0 aromatic carbocycles. The number of ether oxygens (including phenoxy) is 1. The largest absolute Gasteiger partial charge is 0.370 e. The number of rotatable bonds is 6. The van der Waals surface area contributed by atoms with E-state index in [9.17, 15) is 9.59 Å². The van der Waals surface area contributed by atoms with Gasteiger partial charge in [-0.15, -0.1) is 0 Å². The SMILES string of the molecule is CC1CC(C)C(C(=O)NCCOCC(N)=O)CC1N. The Balaban J connectivity index is 2.27. The van der Waals surface area contributed by atoms with E-state index in [1.807, 2.05) is 0 Å². The van der Waals surface area contributed by atoms with Gasteiger partial charge in [0.05, 0.1) is 6.61 Å². The molecule has 0 aromatic heterocycles. The molecule has 1 saturated carbocycles. The third-order valence-corrected chi connectivity index (χ3v) is 3.81. The normalized spacial score (nSPS) is 30.9. The van der Waals surface area contributed by atoms with Gasteiger partial charge in [-0.25, -0.2) is 0 Å². The van der Waals surface area contributed by atoms with E-state index in [2.05, 4.69) is 19.2 Å². The first-order valence-corrected chi connectivity index (χ1v) is 6.81. The van der Waals surface area contributed by atoms with Crippen LogP contribution in [0.3, 0.4) is 0 Å². The summed E-state index contributed by atoms with van der Waals surface area (Å²) in [5, 5.41) is 2.82. The second-order valence-electron chi connectivity index (χ2n) is 5.51. The second kappa shape index (κ2) is 7.45. The van der Waals surface area contributed by atoms with Gasteiger partial charge in [-0.3, -0.25) is 9.59 Å². The van der Waals surface area contributed by atoms with Crippen molar-refractivity contribution in [1.29, 1.82) is 0 Å². The highest BCUT2D eigenvalue weighted by atomic mass is 16.5. The van der Waals surface area contributed by atoms with E-state index in [1.54, 1.807) is 0 Å². The fraction of sp³-hybridized carbons (Fsp3) is 0.846. The summed E-state index contributed by atoms with van der Waals surface area (Å²) >= 11 is 0. The van der Waals surface area contributed by atoms with Crippen molar-refractivity contribution in [2.24, 2.45) is 29.2 Å². The van der Waals surface area contributed by atoms with Crippen molar-refractivity contribution in [3.8, 4) is 0 Å². The molecule has 2 amide bonds. The van der Waals surface area contributed by atoms with Crippen LogP contribution in [-0.2, 0) is 14.3 Å². The quantitative estimate of drug-likeness (QED) is 0.572. The lowest BCUT2D eigenvalue weighted by Crippen LogP contribution is -2.45. The highest BCUT2D eigenvalue weighted by Crippen LogP contribution is 2.32. The van der Waals surface area contributed by atoms with Crippen molar-refractivity contribution in [2.45, 2.75) is 32.7 Å². The average molecular weight is 271 g/mol. The van der Waals surface area contributed by atoms with Crippen LogP contribution in [0.4, 0.5) is 0 Å². The van der Waals surface area contributed by atoms with Crippen LogP contribution in [0.15, 0.2) is 0 Å². The maximum absolute atomic E-state index is 12.0.